The lowest BCUT2D eigenvalue weighted by Crippen LogP contribution is -2.32. The van der Waals surface area contributed by atoms with Crippen molar-refractivity contribution >= 4 is 23.2 Å². The standard InChI is InChI=1S/C27H30N2O5/c1-4-23(34-20-15-11-8-12-16-20)27(31)29-22-18-24(32-5-2)21(17-25(22)33-6-3)28-26(30)19-13-9-7-10-14-19/h7-18,23H,4-6H2,1-3H3,(H,28,30)(H,29,31). The van der Waals surface area contributed by atoms with Crippen molar-refractivity contribution in [2.75, 3.05) is 23.8 Å². The molecule has 7 heteroatoms. The first-order valence-corrected chi connectivity index (χ1v) is 11.4. The van der Waals surface area contributed by atoms with Crippen LogP contribution in [-0.4, -0.2) is 31.1 Å². The predicted molar refractivity (Wildman–Crippen MR) is 133 cm³/mol. The van der Waals surface area contributed by atoms with Gasteiger partial charge in [-0.3, -0.25) is 9.59 Å². The van der Waals surface area contributed by atoms with E-state index in [0.29, 0.717) is 53.8 Å². The van der Waals surface area contributed by atoms with Crippen LogP contribution in [-0.2, 0) is 4.79 Å². The Kier molecular flexibility index (Phi) is 8.91. The molecule has 3 rings (SSSR count). The third-order valence-electron chi connectivity index (χ3n) is 4.91. The normalized spacial score (nSPS) is 11.3. The number of ether oxygens (including phenoxy) is 3. The molecule has 0 bridgehead atoms. The van der Waals surface area contributed by atoms with Crippen LogP contribution in [0.4, 0.5) is 11.4 Å². The minimum Gasteiger partial charge on any atom is -0.492 e. The van der Waals surface area contributed by atoms with Crippen LogP contribution in [0.25, 0.3) is 0 Å². The van der Waals surface area contributed by atoms with Crippen LogP contribution in [0.15, 0.2) is 72.8 Å². The van der Waals surface area contributed by atoms with Crippen LogP contribution < -0.4 is 24.8 Å². The van der Waals surface area contributed by atoms with Gasteiger partial charge in [-0.05, 0) is 44.5 Å². The second-order valence-corrected chi connectivity index (χ2v) is 7.35. The molecule has 34 heavy (non-hydrogen) atoms. The Morgan fingerprint density at radius 3 is 1.82 bits per heavy atom. The van der Waals surface area contributed by atoms with Crippen molar-refractivity contribution in [3.8, 4) is 17.2 Å². The summed E-state index contributed by atoms with van der Waals surface area (Å²) in [6.45, 7) is 6.32. The Morgan fingerprint density at radius 2 is 1.29 bits per heavy atom. The van der Waals surface area contributed by atoms with Gasteiger partial charge < -0.3 is 24.8 Å². The highest BCUT2D eigenvalue weighted by atomic mass is 16.5. The van der Waals surface area contributed by atoms with E-state index < -0.39 is 6.10 Å². The summed E-state index contributed by atoms with van der Waals surface area (Å²) < 4.78 is 17.4. The van der Waals surface area contributed by atoms with Crippen molar-refractivity contribution < 1.29 is 23.8 Å². The Balaban J connectivity index is 1.86. The summed E-state index contributed by atoms with van der Waals surface area (Å²) in [6, 6.07) is 21.4. The maximum Gasteiger partial charge on any atom is 0.265 e. The molecule has 1 atom stereocenters. The zero-order valence-electron chi connectivity index (χ0n) is 19.7. The lowest BCUT2D eigenvalue weighted by Gasteiger charge is -2.20. The summed E-state index contributed by atoms with van der Waals surface area (Å²) in [5, 5.41) is 5.77. The SMILES string of the molecule is CCOc1cc(NC(=O)C(CC)Oc2ccccc2)c(OCC)cc1NC(=O)c1ccccc1. The minimum atomic E-state index is -0.690. The summed E-state index contributed by atoms with van der Waals surface area (Å²) in [6.07, 6.45) is -0.210. The second-order valence-electron chi connectivity index (χ2n) is 7.35. The molecule has 2 N–H and O–H groups in total. The van der Waals surface area contributed by atoms with Gasteiger partial charge >= 0.3 is 0 Å². The zero-order valence-corrected chi connectivity index (χ0v) is 19.7. The first-order chi connectivity index (χ1) is 16.5. The van der Waals surface area contributed by atoms with E-state index in [9.17, 15) is 9.59 Å². The maximum absolute atomic E-state index is 13.0. The molecule has 0 heterocycles. The minimum absolute atomic E-state index is 0.275. The van der Waals surface area contributed by atoms with Crippen molar-refractivity contribution in [1.82, 2.24) is 0 Å². The molecular formula is C27H30N2O5. The highest BCUT2D eigenvalue weighted by Crippen LogP contribution is 2.37. The van der Waals surface area contributed by atoms with E-state index in [2.05, 4.69) is 10.6 Å². The van der Waals surface area contributed by atoms with Gasteiger partial charge in [0.1, 0.15) is 17.2 Å². The second kappa shape index (κ2) is 12.3. The van der Waals surface area contributed by atoms with Gasteiger partial charge in [-0.1, -0.05) is 43.3 Å². The average molecular weight is 463 g/mol. The molecule has 0 aliphatic rings. The molecule has 3 aromatic rings. The molecule has 0 fully saturated rings. The molecule has 0 aromatic heterocycles. The lowest BCUT2D eigenvalue weighted by atomic mass is 10.1. The largest absolute Gasteiger partial charge is 0.492 e. The number of rotatable bonds is 11. The van der Waals surface area contributed by atoms with E-state index in [1.54, 1.807) is 48.5 Å². The molecule has 0 spiro atoms. The number of amides is 2. The van der Waals surface area contributed by atoms with Gasteiger partial charge in [-0.25, -0.2) is 0 Å². The molecule has 0 saturated heterocycles. The number of carbonyl (C=O) groups excluding carboxylic acids is 2. The average Bonchev–Trinajstić information content (AvgIpc) is 2.86. The molecule has 2 amide bonds. The molecule has 3 aromatic carbocycles. The highest BCUT2D eigenvalue weighted by molar-refractivity contribution is 6.05. The van der Waals surface area contributed by atoms with Gasteiger partial charge in [-0.2, -0.15) is 0 Å². The van der Waals surface area contributed by atoms with Gasteiger partial charge in [0.05, 0.1) is 24.6 Å². The predicted octanol–water partition coefficient (Wildman–Crippen LogP) is 5.53. The lowest BCUT2D eigenvalue weighted by molar-refractivity contribution is -0.122. The quantitative estimate of drug-likeness (QED) is 0.391. The molecule has 0 aliphatic carbocycles. The summed E-state index contributed by atoms with van der Waals surface area (Å²) in [4.78, 5) is 25.7. The van der Waals surface area contributed by atoms with Gasteiger partial charge in [0.15, 0.2) is 6.10 Å². The van der Waals surface area contributed by atoms with Gasteiger partial charge in [-0.15, -0.1) is 0 Å². The molecule has 1 unspecified atom stereocenters. The topological polar surface area (TPSA) is 85.9 Å². The van der Waals surface area contributed by atoms with Crippen molar-refractivity contribution in [3.63, 3.8) is 0 Å². The van der Waals surface area contributed by atoms with Crippen molar-refractivity contribution in [2.24, 2.45) is 0 Å². The number of hydrogen-bond donors (Lipinski definition) is 2. The summed E-state index contributed by atoms with van der Waals surface area (Å²) in [7, 11) is 0. The third-order valence-corrected chi connectivity index (χ3v) is 4.91. The summed E-state index contributed by atoms with van der Waals surface area (Å²) in [5.41, 5.74) is 1.40. The Morgan fingerprint density at radius 1 is 0.765 bits per heavy atom. The smallest absolute Gasteiger partial charge is 0.265 e. The first-order valence-electron chi connectivity index (χ1n) is 11.4. The van der Waals surface area contributed by atoms with Gasteiger partial charge in [0.25, 0.3) is 11.8 Å². The maximum atomic E-state index is 13.0. The third kappa shape index (κ3) is 6.51. The van der Waals surface area contributed by atoms with E-state index >= 15 is 0 Å². The van der Waals surface area contributed by atoms with Gasteiger partial charge in [0, 0.05) is 17.7 Å². The first kappa shape index (κ1) is 24.6. The highest BCUT2D eigenvalue weighted by Gasteiger charge is 2.22. The Hall–Kier alpha value is -4.00. The number of benzene rings is 3. The van der Waals surface area contributed by atoms with Crippen LogP contribution >= 0.6 is 0 Å². The monoisotopic (exact) mass is 462 g/mol. The van der Waals surface area contributed by atoms with E-state index in [1.807, 2.05) is 45.0 Å². The summed E-state index contributed by atoms with van der Waals surface area (Å²) in [5.74, 6) is 0.863. The van der Waals surface area contributed by atoms with Gasteiger partial charge in [0.2, 0.25) is 0 Å². The fraction of sp³-hybridized carbons (Fsp3) is 0.259. The van der Waals surface area contributed by atoms with E-state index in [1.165, 1.54) is 0 Å². The van der Waals surface area contributed by atoms with Crippen molar-refractivity contribution in [3.05, 3.63) is 78.4 Å². The fourth-order valence-corrected chi connectivity index (χ4v) is 3.29. The van der Waals surface area contributed by atoms with Crippen LogP contribution in [0.5, 0.6) is 17.2 Å². The molecule has 0 saturated carbocycles. The number of para-hydroxylation sites is 1. The molecule has 178 valence electrons. The van der Waals surface area contributed by atoms with Crippen LogP contribution in [0.3, 0.4) is 0 Å². The zero-order chi connectivity index (χ0) is 24.3. The Bertz CT molecular complexity index is 1090. The van der Waals surface area contributed by atoms with Crippen LogP contribution in [0, 0.1) is 0 Å². The molecule has 0 radical (unpaired) electrons. The van der Waals surface area contributed by atoms with Crippen molar-refractivity contribution in [1.29, 1.82) is 0 Å². The number of carbonyl (C=O) groups is 2. The van der Waals surface area contributed by atoms with Crippen molar-refractivity contribution in [2.45, 2.75) is 33.3 Å². The number of nitrogens with one attached hydrogen (secondary N) is 2. The number of hydrogen-bond acceptors (Lipinski definition) is 5. The van der Waals surface area contributed by atoms with E-state index in [4.69, 9.17) is 14.2 Å². The van der Waals surface area contributed by atoms with Crippen LogP contribution in [0.1, 0.15) is 37.6 Å². The molecule has 0 aliphatic heterocycles. The van der Waals surface area contributed by atoms with Crippen LogP contribution in [0.2, 0.25) is 0 Å². The molecule has 7 nitrogen and oxygen atoms in total. The number of anilines is 2. The molecular weight excluding hydrogens is 432 g/mol. The van der Waals surface area contributed by atoms with E-state index in [0.717, 1.165) is 0 Å². The Labute approximate surface area is 200 Å². The summed E-state index contributed by atoms with van der Waals surface area (Å²) >= 11 is 0. The fourth-order valence-electron chi connectivity index (χ4n) is 3.29. The van der Waals surface area contributed by atoms with E-state index in [-0.39, 0.29) is 11.8 Å².